The summed E-state index contributed by atoms with van der Waals surface area (Å²) < 4.78 is 6.53. The summed E-state index contributed by atoms with van der Waals surface area (Å²) >= 11 is 0. The van der Waals surface area contributed by atoms with E-state index in [1.54, 1.807) is 7.11 Å². The molecule has 4 N–H and O–H groups in total. The average Bonchev–Trinajstić information content (AvgIpc) is 2.71. The van der Waals surface area contributed by atoms with Crippen molar-refractivity contribution in [3.8, 4) is 5.75 Å². The van der Waals surface area contributed by atoms with Crippen LogP contribution in [0.1, 0.15) is 16.1 Å². The summed E-state index contributed by atoms with van der Waals surface area (Å²) in [5.41, 5.74) is 11.8. The van der Waals surface area contributed by atoms with Crippen LogP contribution in [0.25, 0.3) is 0 Å². The van der Waals surface area contributed by atoms with Crippen LogP contribution in [0.2, 0.25) is 0 Å². The first kappa shape index (κ1) is 11.9. The van der Waals surface area contributed by atoms with Gasteiger partial charge in [-0.3, -0.25) is 4.79 Å². The van der Waals surface area contributed by atoms with Gasteiger partial charge in [-0.15, -0.1) is 5.10 Å². The number of primary amides is 1. The van der Waals surface area contributed by atoms with Crippen molar-refractivity contribution >= 4 is 11.7 Å². The number of rotatable bonds is 4. The van der Waals surface area contributed by atoms with E-state index in [1.165, 1.54) is 4.68 Å². The van der Waals surface area contributed by atoms with Crippen molar-refractivity contribution in [2.75, 3.05) is 12.8 Å². The molecule has 2 rings (SSSR count). The molecule has 0 bridgehead atoms. The molecule has 0 aliphatic heterocycles. The number of anilines is 1. The molecule has 0 saturated carbocycles. The molecule has 18 heavy (non-hydrogen) atoms. The van der Waals surface area contributed by atoms with Crippen LogP contribution in [0, 0.1) is 0 Å². The van der Waals surface area contributed by atoms with Crippen LogP contribution in [0.3, 0.4) is 0 Å². The number of nitrogens with two attached hydrogens (primary N) is 2. The molecular weight excluding hydrogens is 234 g/mol. The quantitative estimate of drug-likeness (QED) is 0.791. The summed E-state index contributed by atoms with van der Waals surface area (Å²) in [6.45, 7) is 0.392. The van der Waals surface area contributed by atoms with E-state index < -0.39 is 5.91 Å². The van der Waals surface area contributed by atoms with Crippen molar-refractivity contribution in [2.24, 2.45) is 5.73 Å². The Morgan fingerprint density at radius 3 is 2.89 bits per heavy atom. The molecular formula is C11H13N5O2. The third-order valence-corrected chi connectivity index (χ3v) is 2.47. The summed E-state index contributed by atoms with van der Waals surface area (Å²) in [5, 5.41) is 7.42. The van der Waals surface area contributed by atoms with Gasteiger partial charge in [0.25, 0.3) is 5.91 Å². The standard InChI is InChI=1S/C11H13N5O2/c1-18-8-4-2-3-7(5-8)6-16-10(12)9(11(13)17)14-15-16/h2-5H,6,12H2,1H3,(H2,13,17). The first-order valence-corrected chi connectivity index (χ1v) is 5.23. The number of carbonyl (C=O) groups excluding carboxylic acids is 1. The molecule has 0 aliphatic rings. The first-order valence-electron chi connectivity index (χ1n) is 5.23. The highest BCUT2D eigenvalue weighted by Gasteiger charge is 2.14. The minimum absolute atomic E-state index is 0.0158. The molecule has 1 aromatic heterocycles. The number of hydrogen-bond acceptors (Lipinski definition) is 5. The SMILES string of the molecule is COc1cccc(Cn2nnc(C(N)=O)c2N)c1. The lowest BCUT2D eigenvalue weighted by Gasteiger charge is -2.05. The number of benzene rings is 1. The van der Waals surface area contributed by atoms with E-state index in [9.17, 15) is 4.79 Å². The van der Waals surface area contributed by atoms with Crippen LogP contribution >= 0.6 is 0 Å². The van der Waals surface area contributed by atoms with Gasteiger partial charge < -0.3 is 16.2 Å². The van der Waals surface area contributed by atoms with Gasteiger partial charge in [0.15, 0.2) is 11.5 Å². The predicted molar refractivity (Wildman–Crippen MR) is 65.0 cm³/mol. The lowest BCUT2D eigenvalue weighted by Crippen LogP contribution is -2.14. The zero-order valence-electron chi connectivity index (χ0n) is 9.83. The molecule has 0 aliphatic carbocycles. The monoisotopic (exact) mass is 247 g/mol. The first-order chi connectivity index (χ1) is 8.61. The maximum atomic E-state index is 11.0. The second kappa shape index (κ2) is 4.74. The molecule has 0 unspecified atom stereocenters. The second-order valence-electron chi connectivity index (χ2n) is 3.70. The van der Waals surface area contributed by atoms with Crippen molar-refractivity contribution in [3.63, 3.8) is 0 Å². The zero-order valence-corrected chi connectivity index (χ0v) is 9.83. The zero-order chi connectivity index (χ0) is 13.1. The van der Waals surface area contributed by atoms with E-state index in [0.29, 0.717) is 6.54 Å². The molecule has 1 heterocycles. The Bertz CT molecular complexity index is 579. The van der Waals surface area contributed by atoms with Gasteiger partial charge >= 0.3 is 0 Å². The van der Waals surface area contributed by atoms with Crippen LogP contribution < -0.4 is 16.2 Å². The summed E-state index contributed by atoms with van der Waals surface area (Å²) in [6.07, 6.45) is 0. The third-order valence-electron chi connectivity index (χ3n) is 2.47. The highest BCUT2D eigenvalue weighted by atomic mass is 16.5. The van der Waals surface area contributed by atoms with E-state index in [1.807, 2.05) is 24.3 Å². The largest absolute Gasteiger partial charge is 0.497 e. The lowest BCUT2D eigenvalue weighted by atomic mass is 10.2. The van der Waals surface area contributed by atoms with Crippen LogP contribution in [-0.4, -0.2) is 28.0 Å². The van der Waals surface area contributed by atoms with Crippen LogP contribution in [0.5, 0.6) is 5.75 Å². The van der Waals surface area contributed by atoms with Crippen molar-refractivity contribution < 1.29 is 9.53 Å². The number of carbonyl (C=O) groups is 1. The predicted octanol–water partition coefficient (Wildman–Crippen LogP) is 0.0161. The van der Waals surface area contributed by atoms with Crippen molar-refractivity contribution in [3.05, 3.63) is 35.5 Å². The lowest BCUT2D eigenvalue weighted by molar-refractivity contribution is 0.0996. The van der Waals surface area contributed by atoms with Crippen molar-refractivity contribution in [1.29, 1.82) is 0 Å². The van der Waals surface area contributed by atoms with E-state index in [2.05, 4.69) is 10.3 Å². The molecule has 1 amide bonds. The third kappa shape index (κ3) is 2.24. The molecule has 1 aromatic carbocycles. The minimum atomic E-state index is -0.690. The number of ether oxygens (including phenoxy) is 1. The maximum absolute atomic E-state index is 11.0. The maximum Gasteiger partial charge on any atom is 0.273 e. The van der Waals surface area contributed by atoms with E-state index in [-0.39, 0.29) is 11.5 Å². The van der Waals surface area contributed by atoms with Gasteiger partial charge in [0.05, 0.1) is 13.7 Å². The molecule has 7 heteroatoms. The Balaban J connectivity index is 2.26. The Labute approximate surface area is 103 Å². The molecule has 0 radical (unpaired) electrons. The second-order valence-corrected chi connectivity index (χ2v) is 3.70. The van der Waals surface area contributed by atoms with E-state index in [0.717, 1.165) is 11.3 Å². The van der Waals surface area contributed by atoms with Crippen LogP contribution in [0.15, 0.2) is 24.3 Å². The molecule has 0 spiro atoms. The Kier molecular flexibility index (Phi) is 3.13. The summed E-state index contributed by atoms with van der Waals surface area (Å²) in [6, 6.07) is 7.44. The summed E-state index contributed by atoms with van der Waals surface area (Å²) in [4.78, 5) is 11.0. The van der Waals surface area contributed by atoms with Gasteiger partial charge in [-0.25, -0.2) is 4.68 Å². The smallest absolute Gasteiger partial charge is 0.273 e. The summed E-state index contributed by atoms with van der Waals surface area (Å²) in [7, 11) is 1.59. The fourth-order valence-electron chi connectivity index (χ4n) is 1.56. The van der Waals surface area contributed by atoms with Gasteiger partial charge in [0.2, 0.25) is 0 Å². The highest BCUT2D eigenvalue weighted by molar-refractivity contribution is 5.94. The number of hydrogen-bond donors (Lipinski definition) is 2. The van der Waals surface area contributed by atoms with Crippen molar-refractivity contribution in [2.45, 2.75) is 6.54 Å². The normalized spacial score (nSPS) is 10.3. The Morgan fingerprint density at radius 1 is 1.50 bits per heavy atom. The molecule has 2 aromatic rings. The minimum Gasteiger partial charge on any atom is -0.497 e. The fourth-order valence-corrected chi connectivity index (χ4v) is 1.56. The van der Waals surface area contributed by atoms with Gasteiger partial charge in [-0.1, -0.05) is 17.3 Å². The number of nitrogens with zero attached hydrogens (tertiary/aromatic N) is 3. The van der Waals surface area contributed by atoms with Crippen LogP contribution in [-0.2, 0) is 6.54 Å². The molecule has 0 saturated heterocycles. The van der Waals surface area contributed by atoms with Gasteiger partial charge in [0.1, 0.15) is 5.75 Å². The molecule has 0 atom stereocenters. The topological polar surface area (TPSA) is 109 Å². The number of nitrogen functional groups attached to an aromatic ring is 1. The number of aromatic nitrogens is 3. The van der Waals surface area contributed by atoms with E-state index >= 15 is 0 Å². The molecule has 94 valence electrons. The summed E-state index contributed by atoms with van der Waals surface area (Å²) in [5.74, 6) is 0.205. The van der Waals surface area contributed by atoms with Gasteiger partial charge in [0, 0.05) is 0 Å². The van der Waals surface area contributed by atoms with Crippen LogP contribution in [0.4, 0.5) is 5.82 Å². The van der Waals surface area contributed by atoms with E-state index in [4.69, 9.17) is 16.2 Å². The van der Waals surface area contributed by atoms with Gasteiger partial charge in [-0.05, 0) is 17.7 Å². The average molecular weight is 247 g/mol. The van der Waals surface area contributed by atoms with Gasteiger partial charge in [-0.2, -0.15) is 0 Å². The highest BCUT2D eigenvalue weighted by Crippen LogP contribution is 2.15. The number of methoxy groups -OCH3 is 1. The Hall–Kier alpha value is -2.57. The van der Waals surface area contributed by atoms with Crippen molar-refractivity contribution in [1.82, 2.24) is 15.0 Å². The molecule has 7 nitrogen and oxygen atoms in total. The molecule has 0 fully saturated rings. The Morgan fingerprint density at radius 2 is 2.28 bits per heavy atom. The number of amides is 1. The fraction of sp³-hybridized carbons (Fsp3) is 0.182.